The highest BCUT2D eigenvalue weighted by atomic mass is 79.9. The topological polar surface area (TPSA) is 80.9 Å². The molecule has 8 rings (SSSR count). The van der Waals surface area contributed by atoms with Crippen molar-refractivity contribution in [3.8, 4) is 22.6 Å². The maximum absolute atomic E-state index is 9.49. The summed E-state index contributed by atoms with van der Waals surface area (Å²) in [5, 5.41) is 46.2. The molecule has 6 heteroatoms. The van der Waals surface area contributed by atoms with Gasteiger partial charge in [-0.2, -0.15) is 0 Å². The molecule has 0 saturated carbocycles. The zero-order valence-electron chi connectivity index (χ0n) is 24.8. The van der Waals surface area contributed by atoms with E-state index in [1.165, 1.54) is 27.1 Å². The predicted molar refractivity (Wildman–Crippen MR) is 196 cm³/mol. The maximum Gasteiger partial charge on any atom is 0.489 e. The summed E-state index contributed by atoms with van der Waals surface area (Å²) >= 11 is 3.23. The summed E-state index contributed by atoms with van der Waals surface area (Å²) in [6, 6.07) is 51.0. The highest BCUT2D eigenvalue weighted by Crippen LogP contribution is 2.35. The molecule has 0 atom stereocenters. The molecule has 224 valence electrons. The number of fused-ring (bicyclic) bond motifs is 6. The fraction of sp³-hybridized carbons (Fsp3) is 0. The molecule has 0 bridgehead atoms. The monoisotopic (exact) mass is 664 g/mol. The maximum atomic E-state index is 9.49. The molecule has 0 aromatic heterocycles. The van der Waals surface area contributed by atoms with Gasteiger partial charge >= 0.3 is 7.12 Å². The van der Waals surface area contributed by atoms with E-state index >= 15 is 0 Å². The smallest absolute Gasteiger partial charge is 0.489 e. The van der Waals surface area contributed by atoms with E-state index in [1.807, 2.05) is 66.7 Å². The van der Waals surface area contributed by atoms with Crippen LogP contribution in [-0.4, -0.2) is 27.4 Å². The first-order valence-corrected chi connectivity index (χ1v) is 15.6. The van der Waals surface area contributed by atoms with Gasteiger partial charge in [0.15, 0.2) is 0 Å². The molecule has 0 heterocycles. The Morgan fingerprint density at radius 3 is 1.35 bits per heavy atom. The van der Waals surface area contributed by atoms with Gasteiger partial charge < -0.3 is 20.3 Å². The standard InChI is InChI=1S/C20H14O.C14H11BO2.C6H5BrO/c21-16-11-9-14(10-12-16)20-13-15-5-1-2-6-17(15)18-7-3-4-8-19(18)20;16-15(17)14-9-10-5-1-2-6-11(10)12-7-3-4-8-13(12)14;7-5-1-3-6(8)4-2-5/h1-13,21H;1-9,16-17H;1-4,8H. The van der Waals surface area contributed by atoms with Crippen molar-refractivity contribution in [3.05, 3.63) is 162 Å². The lowest BCUT2D eigenvalue weighted by Crippen LogP contribution is -2.30. The molecular weight excluding hydrogens is 635 g/mol. The number of aromatic hydroxyl groups is 2. The van der Waals surface area contributed by atoms with E-state index in [-0.39, 0.29) is 0 Å². The Balaban J connectivity index is 0.000000133. The first-order valence-electron chi connectivity index (χ1n) is 14.8. The minimum absolute atomic E-state index is 0.295. The Morgan fingerprint density at radius 1 is 0.413 bits per heavy atom. The lowest BCUT2D eigenvalue weighted by atomic mass is 9.76. The minimum Gasteiger partial charge on any atom is -0.508 e. The molecule has 0 unspecified atom stereocenters. The Morgan fingerprint density at radius 2 is 0.826 bits per heavy atom. The summed E-state index contributed by atoms with van der Waals surface area (Å²) in [5.41, 5.74) is 2.87. The van der Waals surface area contributed by atoms with Crippen molar-refractivity contribution < 1.29 is 20.3 Å². The second kappa shape index (κ2) is 13.9. The molecule has 0 aliphatic heterocycles. The Kier molecular flexibility index (Phi) is 9.32. The molecule has 0 radical (unpaired) electrons. The second-order valence-electron chi connectivity index (χ2n) is 10.8. The molecule has 4 N–H and O–H groups in total. The van der Waals surface area contributed by atoms with Gasteiger partial charge in [0, 0.05) is 4.47 Å². The quantitative estimate of drug-likeness (QED) is 0.110. The predicted octanol–water partition coefficient (Wildman–Crippen LogP) is 9.19. The van der Waals surface area contributed by atoms with E-state index in [4.69, 9.17) is 5.11 Å². The summed E-state index contributed by atoms with van der Waals surface area (Å²) in [6.07, 6.45) is 0. The van der Waals surface area contributed by atoms with Crippen LogP contribution in [0.4, 0.5) is 0 Å². The van der Waals surface area contributed by atoms with Gasteiger partial charge in [-0.3, -0.25) is 0 Å². The SMILES string of the molecule is OB(O)c1cc2ccccc2c2ccccc12.Oc1ccc(-c2cc3ccccc3c3ccccc23)cc1.Oc1ccc(Br)cc1. The fourth-order valence-corrected chi connectivity index (χ4v) is 5.94. The van der Waals surface area contributed by atoms with Crippen molar-refractivity contribution in [2.24, 2.45) is 0 Å². The number of phenols is 2. The normalized spacial score (nSPS) is 10.7. The van der Waals surface area contributed by atoms with Crippen LogP contribution in [0.3, 0.4) is 0 Å². The van der Waals surface area contributed by atoms with Gasteiger partial charge in [0.1, 0.15) is 11.5 Å². The molecule has 0 aliphatic carbocycles. The second-order valence-corrected chi connectivity index (χ2v) is 11.7. The summed E-state index contributed by atoms with van der Waals surface area (Å²) < 4.78 is 0.982. The minimum atomic E-state index is -1.44. The molecule has 8 aromatic rings. The first-order chi connectivity index (χ1) is 22.4. The molecule has 0 aliphatic rings. The Hall–Kier alpha value is -5.14. The zero-order chi connectivity index (χ0) is 32.0. The number of hydrogen-bond donors (Lipinski definition) is 4. The van der Waals surface area contributed by atoms with Gasteiger partial charge in [-0.25, -0.2) is 0 Å². The van der Waals surface area contributed by atoms with Crippen molar-refractivity contribution in [1.29, 1.82) is 0 Å². The molecule has 0 spiro atoms. The number of hydrogen-bond acceptors (Lipinski definition) is 4. The van der Waals surface area contributed by atoms with Crippen LogP contribution in [0.5, 0.6) is 11.5 Å². The van der Waals surface area contributed by atoms with Crippen LogP contribution in [0.15, 0.2) is 162 Å². The van der Waals surface area contributed by atoms with Crippen LogP contribution in [0.25, 0.3) is 54.2 Å². The molecule has 0 saturated heterocycles. The third-order valence-corrected chi connectivity index (χ3v) is 8.38. The average Bonchev–Trinajstić information content (AvgIpc) is 3.10. The largest absolute Gasteiger partial charge is 0.508 e. The van der Waals surface area contributed by atoms with Crippen LogP contribution in [0.2, 0.25) is 0 Å². The van der Waals surface area contributed by atoms with E-state index in [9.17, 15) is 15.2 Å². The van der Waals surface area contributed by atoms with E-state index < -0.39 is 7.12 Å². The molecule has 8 aromatic carbocycles. The molecule has 0 amide bonds. The summed E-state index contributed by atoms with van der Waals surface area (Å²) in [5.74, 6) is 0.594. The van der Waals surface area contributed by atoms with Gasteiger partial charge in [-0.05, 0) is 102 Å². The van der Waals surface area contributed by atoms with E-state index in [0.717, 1.165) is 31.6 Å². The lowest BCUT2D eigenvalue weighted by Gasteiger charge is -2.11. The van der Waals surface area contributed by atoms with Crippen LogP contribution in [-0.2, 0) is 0 Å². The van der Waals surface area contributed by atoms with Crippen LogP contribution < -0.4 is 5.46 Å². The molecule has 0 fully saturated rings. The highest BCUT2D eigenvalue weighted by Gasteiger charge is 2.16. The third-order valence-electron chi connectivity index (χ3n) is 7.85. The van der Waals surface area contributed by atoms with Gasteiger partial charge in [0.05, 0.1) is 0 Å². The van der Waals surface area contributed by atoms with Crippen molar-refractivity contribution in [1.82, 2.24) is 0 Å². The van der Waals surface area contributed by atoms with Gasteiger partial charge in [0.25, 0.3) is 0 Å². The molecule has 4 nitrogen and oxygen atoms in total. The fourth-order valence-electron chi connectivity index (χ4n) is 5.67. The van der Waals surface area contributed by atoms with Crippen LogP contribution in [0.1, 0.15) is 0 Å². The summed E-state index contributed by atoms with van der Waals surface area (Å²) in [6.45, 7) is 0. The number of benzene rings is 8. The molecule has 46 heavy (non-hydrogen) atoms. The van der Waals surface area contributed by atoms with Gasteiger partial charge in [0.2, 0.25) is 0 Å². The first kappa shape index (κ1) is 30.9. The summed E-state index contributed by atoms with van der Waals surface area (Å²) in [4.78, 5) is 0. The zero-order valence-corrected chi connectivity index (χ0v) is 26.3. The summed E-state index contributed by atoms with van der Waals surface area (Å²) in [7, 11) is -1.44. The lowest BCUT2D eigenvalue weighted by molar-refractivity contribution is 0.426. The van der Waals surface area contributed by atoms with Crippen LogP contribution in [0, 0.1) is 0 Å². The Labute approximate surface area is 275 Å². The van der Waals surface area contributed by atoms with Gasteiger partial charge in [-0.15, -0.1) is 0 Å². The van der Waals surface area contributed by atoms with E-state index in [2.05, 4.69) is 70.5 Å². The Bertz CT molecular complexity index is 2250. The van der Waals surface area contributed by atoms with Crippen molar-refractivity contribution in [3.63, 3.8) is 0 Å². The molecular formula is C40H30BBrO4. The average molecular weight is 665 g/mol. The highest BCUT2D eigenvalue weighted by molar-refractivity contribution is 9.10. The number of halogens is 1. The van der Waals surface area contributed by atoms with Crippen molar-refractivity contribution in [2.45, 2.75) is 0 Å². The third kappa shape index (κ3) is 6.75. The van der Waals surface area contributed by atoms with Crippen LogP contribution >= 0.6 is 15.9 Å². The van der Waals surface area contributed by atoms with Crippen molar-refractivity contribution >= 4 is 71.6 Å². The van der Waals surface area contributed by atoms with E-state index in [1.54, 1.807) is 36.4 Å². The number of phenolic OH excluding ortho intramolecular Hbond substituents is 2. The van der Waals surface area contributed by atoms with Gasteiger partial charge in [-0.1, -0.05) is 131 Å². The van der Waals surface area contributed by atoms with Crippen molar-refractivity contribution in [2.75, 3.05) is 0 Å². The number of rotatable bonds is 2. The van der Waals surface area contributed by atoms with E-state index in [0.29, 0.717) is 17.0 Å².